The molecule has 3 rings (SSSR count). The highest BCUT2D eigenvalue weighted by Crippen LogP contribution is 2.24. The van der Waals surface area contributed by atoms with Crippen molar-refractivity contribution in [1.82, 2.24) is 14.7 Å². The number of hydrogen-bond donors (Lipinski definition) is 1. The quantitative estimate of drug-likeness (QED) is 0.676. The predicted octanol–water partition coefficient (Wildman–Crippen LogP) is 3.66. The standard InChI is InChI=1S/C17H23FN4O2S3/c1-12(2)9-21(13-7-8-27(23,24)10-13)11-22-17(25)26-16(20-22)19-15-6-4-3-5-14(15)18/h3-6,12-13H,7-11H2,1-2H3,(H,19,20). The van der Waals surface area contributed by atoms with Crippen LogP contribution in [0.15, 0.2) is 24.3 Å². The molecule has 6 nitrogen and oxygen atoms in total. The van der Waals surface area contributed by atoms with Crippen LogP contribution in [0.3, 0.4) is 0 Å². The summed E-state index contributed by atoms with van der Waals surface area (Å²) >= 11 is 6.68. The highest BCUT2D eigenvalue weighted by atomic mass is 32.2. The summed E-state index contributed by atoms with van der Waals surface area (Å²) in [6.07, 6.45) is 0.632. The molecular formula is C17H23FN4O2S3. The smallest absolute Gasteiger partial charge is 0.209 e. The van der Waals surface area contributed by atoms with Gasteiger partial charge in [-0.25, -0.2) is 17.5 Å². The van der Waals surface area contributed by atoms with Crippen LogP contribution < -0.4 is 5.32 Å². The molecule has 0 spiro atoms. The minimum Gasteiger partial charge on any atom is -0.328 e. The Bertz CT molecular complexity index is 955. The fraction of sp³-hybridized carbons (Fsp3) is 0.529. The molecule has 1 fully saturated rings. The second kappa shape index (κ2) is 8.34. The molecule has 2 heterocycles. The van der Waals surface area contributed by atoms with Gasteiger partial charge >= 0.3 is 0 Å². The van der Waals surface area contributed by atoms with Gasteiger partial charge in [0.05, 0.1) is 23.9 Å². The number of anilines is 2. The Balaban J connectivity index is 1.77. The Morgan fingerprint density at radius 1 is 1.44 bits per heavy atom. The maximum absolute atomic E-state index is 13.8. The van der Waals surface area contributed by atoms with E-state index in [-0.39, 0.29) is 23.4 Å². The largest absolute Gasteiger partial charge is 0.328 e. The van der Waals surface area contributed by atoms with Gasteiger partial charge in [0.15, 0.2) is 13.8 Å². The summed E-state index contributed by atoms with van der Waals surface area (Å²) in [5, 5.41) is 7.93. The van der Waals surface area contributed by atoms with Crippen molar-refractivity contribution in [1.29, 1.82) is 0 Å². The number of para-hydroxylation sites is 1. The van der Waals surface area contributed by atoms with Crippen LogP contribution in [0, 0.1) is 15.7 Å². The SMILES string of the molecule is CC(C)CN(Cn1nc(Nc2ccccc2F)sc1=S)C1CCS(=O)(=O)C1. The van der Waals surface area contributed by atoms with Crippen molar-refractivity contribution in [2.45, 2.75) is 33.0 Å². The first-order chi connectivity index (χ1) is 12.7. The zero-order valence-corrected chi connectivity index (χ0v) is 17.7. The lowest BCUT2D eigenvalue weighted by molar-refractivity contribution is 0.138. The molecule has 1 aliphatic heterocycles. The van der Waals surface area contributed by atoms with Crippen LogP contribution >= 0.6 is 23.6 Å². The average molecular weight is 431 g/mol. The lowest BCUT2D eigenvalue weighted by atomic mass is 10.1. The number of rotatable bonds is 7. The lowest BCUT2D eigenvalue weighted by Gasteiger charge is -2.29. The minimum atomic E-state index is -2.97. The maximum Gasteiger partial charge on any atom is 0.209 e. The number of benzene rings is 1. The summed E-state index contributed by atoms with van der Waals surface area (Å²) in [6, 6.07) is 6.36. The monoisotopic (exact) mass is 430 g/mol. The van der Waals surface area contributed by atoms with Crippen LogP contribution in [0.5, 0.6) is 0 Å². The van der Waals surface area contributed by atoms with Crippen molar-refractivity contribution in [3.63, 3.8) is 0 Å². The summed E-state index contributed by atoms with van der Waals surface area (Å²) < 4.78 is 39.8. The fourth-order valence-corrected chi connectivity index (χ4v) is 5.92. The van der Waals surface area contributed by atoms with E-state index >= 15 is 0 Å². The van der Waals surface area contributed by atoms with Crippen LogP contribution in [0.1, 0.15) is 20.3 Å². The fourth-order valence-electron chi connectivity index (χ4n) is 3.15. The molecule has 1 atom stereocenters. The summed E-state index contributed by atoms with van der Waals surface area (Å²) in [5.41, 5.74) is 0.342. The van der Waals surface area contributed by atoms with Gasteiger partial charge in [-0.2, -0.15) is 0 Å². The van der Waals surface area contributed by atoms with Crippen LogP contribution in [0.25, 0.3) is 0 Å². The third kappa shape index (κ3) is 5.34. The summed E-state index contributed by atoms with van der Waals surface area (Å²) in [6.45, 7) is 5.38. The number of nitrogens with one attached hydrogen (secondary N) is 1. The molecule has 27 heavy (non-hydrogen) atoms. The van der Waals surface area contributed by atoms with Gasteiger partial charge in [-0.3, -0.25) is 4.90 Å². The molecule has 0 saturated carbocycles. The van der Waals surface area contributed by atoms with E-state index in [1.807, 2.05) is 0 Å². The van der Waals surface area contributed by atoms with Gasteiger partial charge in [0.2, 0.25) is 5.13 Å². The van der Waals surface area contributed by atoms with E-state index in [1.54, 1.807) is 22.9 Å². The van der Waals surface area contributed by atoms with E-state index in [4.69, 9.17) is 12.2 Å². The number of hydrogen-bond acceptors (Lipinski definition) is 7. The Kier molecular flexibility index (Phi) is 6.29. The molecule has 1 unspecified atom stereocenters. The van der Waals surface area contributed by atoms with Gasteiger partial charge in [-0.1, -0.05) is 37.3 Å². The highest BCUT2D eigenvalue weighted by molar-refractivity contribution is 7.91. The Morgan fingerprint density at radius 3 is 2.81 bits per heavy atom. The number of sulfone groups is 1. The second-order valence-corrected chi connectivity index (χ2v) is 11.0. The molecule has 0 amide bonds. The van der Waals surface area contributed by atoms with Gasteiger partial charge in [0.25, 0.3) is 0 Å². The Morgan fingerprint density at radius 2 is 2.19 bits per heavy atom. The van der Waals surface area contributed by atoms with Crippen molar-refractivity contribution in [2.75, 3.05) is 23.4 Å². The van der Waals surface area contributed by atoms with E-state index in [1.165, 1.54) is 17.4 Å². The third-order valence-corrected chi connectivity index (χ3v) is 7.34. The van der Waals surface area contributed by atoms with E-state index in [9.17, 15) is 12.8 Å². The molecule has 1 N–H and O–H groups in total. The van der Waals surface area contributed by atoms with Gasteiger partial charge < -0.3 is 5.32 Å². The molecule has 10 heteroatoms. The van der Waals surface area contributed by atoms with E-state index in [0.29, 0.717) is 33.8 Å². The maximum atomic E-state index is 13.8. The molecule has 148 valence electrons. The predicted molar refractivity (Wildman–Crippen MR) is 109 cm³/mol. The summed E-state index contributed by atoms with van der Waals surface area (Å²) in [4.78, 5) is 2.14. The lowest BCUT2D eigenvalue weighted by Crippen LogP contribution is -2.40. The first-order valence-electron chi connectivity index (χ1n) is 8.77. The zero-order valence-electron chi connectivity index (χ0n) is 15.3. The molecule has 1 aliphatic rings. The average Bonchev–Trinajstić information content (AvgIpc) is 3.11. The first kappa shape index (κ1) is 20.4. The number of nitrogens with zero attached hydrogens (tertiary/aromatic N) is 3. The summed E-state index contributed by atoms with van der Waals surface area (Å²) in [5.74, 6) is 0.437. The van der Waals surface area contributed by atoms with Gasteiger partial charge in [-0.05, 0) is 36.7 Å². The van der Waals surface area contributed by atoms with Crippen LogP contribution in [-0.4, -0.2) is 47.2 Å². The molecule has 1 aromatic carbocycles. The highest BCUT2D eigenvalue weighted by Gasteiger charge is 2.32. The first-order valence-corrected chi connectivity index (χ1v) is 11.8. The van der Waals surface area contributed by atoms with Crippen LogP contribution in [-0.2, 0) is 16.5 Å². The minimum absolute atomic E-state index is 0.0241. The van der Waals surface area contributed by atoms with Crippen molar-refractivity contribution in [2.24, 2.45) is 5.92 Å². The number of halogens is 1. The molecule has 1 saturated heterocycles. The molecule has 0 radical (unpaired) electrons. The van der Waals surface area contributed by atoms with Gasteiger partial charge in [-0.15, -0.1) is 5.10 Å². The third-order valence-electron chi connectivity index (χ3n) is 4.36. The molecule has 1 aromatic heterocycles. The normalized spacial score (nSPS) is 19.1. The van der Waals surface area contributed by atoms with E-state index in [0.717, 1.165) is 6.54 Å². The molecule has 0 aliphatic carbocycles. The van der Waals surface area contributed by atoms with Crippen molar-refractivity contribution >= 4 is 44.2 Å². The van der Waals surface area contributed by atoms with E-state index < -0.39 is 9.84 Å². The molecule has 0 bridgehead atoms. The zero-order chi connectivity index (χ0) is 19.6. The Hall–Kier alpha value is -1.36. The van der Waals surface area contributed by atoms with Crippen molar-refractivity contribution < 1.29 is 12.8 Å². The van der Waals surface area contributed by atoms with Crippen molar-refractivity contribution in [3.05, 3.63) is 34.0 Å². The van der Waals surface area contributed by atoms with Crippen LogP contribution in [0.2, 0.25) is 0 Å². The number of aromatic nitrogens is 2. The van der Waals surface area contributed by atoms with Gasteiger partial charge in [0.1, 0.15) is 5.82 Å². The van der Waals surface area contributed by atoms with Gasteiger partial charge in [0, 0.05) is 12.6 Å². The Labute approximate surface area is 167 Å². The van der Waals surface area contributed by atoms with Crippen molar-refractivity contribution in [3.8, 4) is 0 Å². The van der Waals surface area contributed by atoms with Crippen LogP contribution in [0.4, 0.5) is 15.2 Å². The topological polar surface area (TPSA) is 67.2 Å². The van der Waals surface area contributed by atoms with E-state index in [2.05, 4.69) is 29.2 Å². The second-order valence-electron chi connectivity index (χ2n) is 7.14. The molecular weight excluding hydrogens is 407 g/mol. The molecule has 2 aromatic rings. The summed E-state index contributed by atoms with van der Waals surface area (Å²) in [7, 11) is -2.97.